The lowest BCUT2D eigenvalue weighted by Gasteiger charge is -2.22. The first-order chi connectivity index (χ1) is 5.25. The van der Waals surface area contributed by atoms with Gasteiger partial charge in [0.05, 0.1) is 11.4 Å². The molecule has 62 valence electrons. The van der Waals surface area contributed by atoms with Gasteiger partial charge in [0, 0.05) is 6.54 Å². The van der Waals surface area contributed by atoms with E-state index in [2.05, 4.69) is 6.08 Å². The van der Waals surface area contributed by atoms with Crippen LogP contribution in [-0.2, 0) is 0 Å². The number of allylic oxidation sites excluding steroid dienone is 2. The van der Waals surface area contributed by atoms with E-state index < -0.39 is 0 Å². The van der Waals surface area contributed by atoms with Gasteiger partial charge in [-0.3, -0.25) is 0 Å². The Kier molecular flexibility index (Phi) is 2.54. The van der Waals surface area contributed by atoms with Crippen molar-refractivity contribution in [1.29, 1.82) is 0 Å². The predicted molar refractivity (Wildman–Crippen MR) is 46.2 cm³/mol. The molecular weight excluding hydrogens is 138 g/mol. The van der Waals surface area contributed by atoms with Gasteiger partial charge in [-0.05, 0) is 19.8 Å². The quantitative estimate of drug-likeness (QED) is 0.453. The van der Waals surface area contributed by atoms with Gasteiger partial charge in [-0.2, -0.15) is 0 Å². The first-order valence-electron chi connectivity index (χ1n) is 3.94. The summed E-state index contributed by atoms with van der Waals surface area (Å²) >= 11 is 0. The number of nitrogens with zero attached hydrogens (tertiary/aromatic N) is 1. The van der Waals surface area contributed by atoms with E-state index in [0.29, 0.717) is 0 Å². The van der Waals surface area contributed by atoms with Crippen LogP contribution in [0.15, 0.2) is 23.5 Å². The van der Waals surface area contributed by atoms with E-state index in [4.69, 9.17) is 11.6 Å². The SMILES string of the molecule is CCN(N)C1=CCCC=C1N. The third-order valence-electron chi connectivity index (χ3n) is 1.81. The summed E-state index contributed by atoms with van der Waals surface area (Å²) in [7, 11) is 0. The van der Waals surface area contributed by atoms with Crippen molar-refractivity contribution in [2.75, 3.05) is 6.54 Å². The molecule has 0 saturated heterocycles. The van der Waals surface area contributed by atoms with E-state index in [1.54, 1.807) is 5.01 Å². The topological polar surface area (TPSA) is 55.3 Å². The average molecular weight is 153 g/mol. The summed E-state index contributed by atoms with van der Waals surface area (Å²) in [4.78, 5) is 0. The predicted octanol–water partition coefficient (Wildman–Crippen LogP) is 0.702. The molecule has 1 aliphatic rings. The van der Waals surface area contributed by atoms with Gasteiger partial charge in [-0.15, -0.1) is 0 Å². The maximum Gasteiger partial charge on any atom is 0.0703 e. The number of hydrogen-bond donors (Lipinski definition) is 2. The Bertz CT molecular complexity index is 194. The van der Waals surface area contributed by atoms with E-state index in [1.165, 1.54) is 0 Å². The Morgan fingerprint density at radius 1 is 1.45 bits per heavy atom. The zero-order chi connectivity index (χ0) is 8.27. The van der Waals surface area contributed by atoms with E-state index >= 15 is 0 Å². The molecule has 0 atom stereocenters. The molecule has 0 aliphatic heterocycles. The van der Waals surface area contributed by atoms with Gasteiger partial charge in [-0.25, -0.2) is 5.84 Å². The van der Waals surface area contributed by atoms with Crippen LogP contribution in [0.1, 0.15) is 19.8 Å². The zero-order valence-electron chi connectivity index (χ0n) is 6.88. The number of hydrazine groups is 1. The highest BCUT2D eigenvalue weighted by Gasteiger charge is 2.08. The molecule has 1 aliphatic carbocycles. The van der Waals surface area contributed by atoms with Gasteiger partial charge in [0.1, 0.15) is 0 Å². The summed E-state index contributed by atoms with van der Waals surface area (Å²) in [6.45, 7) is 2.79. The van der Waals surface area contributed by atoms with E-state index in [9.17, 15) is 0 Å². The maximum absolute atomic E-state index is 5.73. The Morgan fingerprint density at radius 2 is 2.09 bits per heavy atom. The summed E-state index contributed by atoms with van der Waals surface area (Å²) in [6, 6.07) is 0. The molecular formula is C8H15N3. The maximum atomic E-state index is 5.73. The van der Waals surface area contributed by atoms with Crippen molar-refractivity contribution in [1.82, 2.24) is 5.01 Å². The van der Waals surface area contributed by atoms with Gasteiger partial charge >= 0.3 is 0 Å². The van der Waals surface area contributed by atoms with Crippen molar-refractivity contribution in [2.45, 2.75) is 19.8 Å². The molecule has 11 heavy (non-hydrogen) atoms. The van der Waals surface area contributed by atoms with Crippen molar-refractivity contribution in [3.05, 3.63) is 23.5 Å². The van der Waals surface area contributed by atoms with E-state index in [1.807, 2.05) is 13.0 Å². The molecule has 0 bridgehead atoms. The summed E-state index contributed by atoms with van der Waals surface area (Å²) in [5.74, 6) is 5.68. The number of hydrogen-bond acceptors (Lipinski definition) is 3. The van der Waals surface area contributed by atoms with Crippen molar-refractivity contribution >= 4 is 0 Å². The summed E-state index contributed by atoms with van der Waals surface area (Å²) in [5.41, 5.74) is 7.50. The largest absolute Gasteiger partial charge is 0.397 e. The van der Waals surface area contributed by atoms with Crippen LogP contribution in [0, 0.1) is 0 Å². The Balaban J connectivity index is 2.70. The minimum atomic E-state index is 0.792. The average Bonchev–Trinajstić information content (AvgIpc) is 2.04. The van der Waals surface area contributed by atoms with Crippen LogP contribution in [0.2, 0.25) is 0 Å². The first kappa shape index (κ1) is 8.14. The molecule has 4 N–H and O–H groups in total. The number of nitrogens with two attached hydrogens (primary N) is 2. The lowest BCUT2D eigenvalue weighted by molar-refractivity contribution is 0.382. The zero-order valence-corrected chi connectivity index (χ0v) is 6.88. The molecule has 0 spiro atoms. The highest BCUT2D eigenvalue weighted by molar-refractivity contribution is 5.29. The molecule has 3 nitrogen and oxygen atoms in total. The standard InChI is InChI=1S/C8H15N3/c1-2-11(10)8-6-4-3-5-7(8)9/h5-6H,2-4,9-10H2,1H3. The molecule has 0 unspecified atom stereocenters. The van der Waals surface area contributed by atoms with Crippen molar-refractivity contribution in [3.63, 3.8) is 0 Å². The van der Waals surface area contributed by atoms with Gasteiger partial charge in [-0.1, -0.05) is 12.2 Å². The molecule has 0 aromatic carbocycles. The molecule has 0 saturated carbocycles. The molecule has 0 amide bonds. The Labute approximate surface area is 67.3 Å². The van der Waals surface area contributed by atoms with Gasteiger partial charge in [0.15, 0.2) is 0 Å². The normalized spacial score (nSPS) is 17.3. The minimum Gasteiger partial charge on any atom is -0.397 e. The fourth-order valence-corrected chi connectivity index (χ4v) is 1.13. The summed E-state index contributed by atoms with van der Waals surface area (Å²) in [5, 5.41) is 1.67. The highest BCUT2D eigenvalue weighted by atomic mass is 15.4. The van der Waals surface area contributed by atoms with Crippen LogP contribution < -0.4 is 11.6 Å². The third kappa shape index (κ3) is 1.74. The van der Waals surface area contributed by atoms with Crippen LogP contribution in [0.4, 0.5) is 0 Å². The van der Waals surface area contributed by atoms with E-state index in [-0.39, 0.29) is 0 Å². The first-order valence-corrected chi connectivity index (χ1v) is 3.94. The van der Waals surface area contributed by atoms with Crippen LogP contribution in [0.3, 0.4) is 0 Å². The summed E-state index contributed by atoms with van der Waals surface area (Å²) < 4.78 is 0. The number of rotatable bonds is 2. The lowest BCUT2D eigenvalue weighted by atomic mass is 10.1. The number of likely N-dealkylation sites (N-methyl/N-ethyl adjacent to an activating group) is 1. The molecule has 0 aromatic heterocycles. The second-order valence-electron chi connectivity index (χ2n) is 2.61. The molecule has 0 heterocycles. The fourth-order valence-electron chi connectivity index (χ4n) is 1.13. The van der Waals surface area contributed by atoms with Crippen LogP contribution in [0.25, 0.3) is 0 Å². The molecule has 0 radical (unpaired) electrons. The molecule has 0 aromatic rings. The van der Waals surface area contributed by atoms with Crippen LogP contribution >= 0.6 is 0 Å². The van der Waals surface area contributed by atoms with Crippen molar-refractivity contribution in [2.24, 2.45) is 11.6 Å². The van der Waals surface area contributed by atoms with Crippen LogP contribution in [0.5, 0.6) is 0 Å². The Hall–Kier alpha value is -0.960. The molecule has 1 rings (SSSR count). The second kappa shape index (κ2) is 3.44. The molecule has 3 heteroatoms. The van der Waals surface area contributed by atoms with Crippen molar-refractivity contribution in [3.8, 4) is 0 Å². The summed E-state index contributed by atoms with van der Waals surface area (Å²) in [6.07, 6.45) is 6.18. The smallest absolute Gasteiger partial charge is 0.0703 e. The van der Waals surface area contributed by atoms with Crippen molar-refractivity contribution < 1.29 is 0 Å². The highest BCUT2D eigenvalue weighted by Crippen LogP contribution is 2.15. The van der Waals surface area contributed by atoms with Gasteiger partial charge in [0.2, 0.25) is 0 Å². The minimum absolute atomic E-state index is 0.792. The Morgan fingerprint density at radius 3 is 2.64 bits per heavy atom. The van der Waals surface area contributed by atoms with Gasteiger partial charge < -0.3 is 10.7 Å². The third-order valence-corrected chi connectivity index (χ3v) is 1.81. The monoisotopic (exact) mass is 153 g/mol. The molecule has 0 fully saturated rings. The van der Waals surface area contributed by atoms with Gasteiger partial charge in [0.25, 0.3) is 0 Å². The fraction of sp³-hybridized carbons (Fsp3) is 0.500. The van der Waals surface area contributed by atoms with E-state index in [0.717, 1.165) is 30.8 Å². The van der Waals surface area contributed by atoms with Crippen LogP contribution in [-0.4, -0.2) is 11.6 Å². The lowest BCUT2D eigenvalue weighted by Crippen LogP contribution is -2.33. The second-order valence-corrected chi connectivity index (χ2v) is 2.61.